The normalized spacial score (nSPS) is 12.0. The highest BCUT2D eigenvalue weighted by Gasteiger charge is 2.21. The van der Waals surface area contributed by atoms with E-state index in [1.165, 1.54) is 6.33 Å². The van der Waals surface area contributed by atoms with Gasteiger partial charge in [0.15, 0.2) is 0 Å². The van der Waals surface area contributed by atoms with Crippen LogP contribution in [-0.2, 0) is 5.54 Å². The molecule has 108 valence electrons. The molecule has 0 saturated carbocycles. The third-order valence-corrected chi connectivity index (χ3v) is 3.71. The lowest BCUT2D eigenvalue weighted by Gasteiger charge is -2.21. The van der Waals surface area contributed by atoms with Gasteiger partial charge in [0.05, 0.1) is 5.39 Å². The summed E-state index contributed by atoms with van der Waals surface area (Å²) < 4.78 is 2.12. The van der Waals surface area contributed by atoms with E-state index in [1.807, 2.05) is 24.3 Å². The van der Waals surface area contributed by atoms with Gasteiger partial charge < -0.3 is 10.3 Å². The molecule has 5 heteroatoms. The quantitative estimate of drug-likeness (QED) is 0.736. The third kappa shape index (κ3) is 2.36. The number of halogens is 1. The molecular weight excluding hydrogens is 284 g/mol. The summed E-state index contributed by atoms with van der Waals surface area (Å²) >= 11 is 6.11. The second-order valence-corrected chi connectivity index (χ2v) is 6.49. The Hall–Kier alpha value is -2.07. The average molecular weight is 301 g/mol. The fourth-order valence-electron chi connectivity index (χ4n) is 2.47. The summed E-state index contributed by atoms with van der Waals surface area (Å²) in [6.45, 7) is 6.39. The van der Waals surface area contributed by atoms with Crippen LogP contribution < -0.4 is 5.73 Å². The Morgan fingerprint density at radius 3 is 2.62 bits per heavy atom. The monoisotopic (exact) mass is 300 g/mol. The lowest BCUT2D eigenvalue weighted by Crippen LogP contribution is -2.21. The number of nitrogen functional groups attached to an aromatic ring is 1. The van der Waals surface area contributed by atoms with E-state index in [-0.39, 0.29) is 5.54 Å². The third-order valence-electron chi connectivity index (χ3n) is 3.47. The Kier molecular flexibility index (Phi) is 3.14. The van der Waals surface area contributed by atoms with Gasteiger partial charge in [-0.05, 0) is 38.5 Å². The molecular formula is C16H17ClN4. The molecule has 0 fully saturated rings. The van der Waals surface area contributed by atoms with Crippen molar-refractivity contribution in [3.8, 4) is 11.1 Å². The lowest BCUT2D eigenvalue weighted by molar-refractivity contribution is 0.408. The number of nitrogens with two attached hydrogens (primary N) is 1. The highest BCUT2D eigenvalue weighted by molar-refractivity contribution is 6.31. The van der Waals surface area contributed by atoms with Crippen LogP contribution in [0.4, 0.5) is 5.82 Å². The van der Waals surface area contributed by atoms with E-state index < -0.39 is 0 Å². The topological polar surface area (TPSA) is 56.7 Å². The maximum atomic E-state index is 6.11. The number of rotatable bonds is 1. The predicted octanol–water partition coefficient (Wildman–Crippen LogP) is 4.09. The molecule has 2 heterocycles. The van der Waals surface area contributed by atoms with Gasteiger partial charge in [-0.25, -0.2) is 9.97 Å². The minimum Gasteiger partial charge on any atom is -0.383 e. The van der Waals surface area contributed by atoms with Crippen molar-refractivity contribution >= 4 is 28.5 Å². The van der Waals surface area contributed by atoms with Crippen molar-refractivity contribution in [3.63, 3.8) is 0 Å². The maximum Gasteiger partial charge on any atom is 0.146 e. The number of anilines is 1. The van der Waals surface area contributed by atoms with E-state index in [1.54, 1.807) is 0 Å². The van der Waals surface area contributed by atoms with E-state index in [9.17, 15) is 0 Å². The Balaban J connectivity index is 2.38. The highest BCUT2D eigenvalue weighted by Crippen LogP contribution is 2.36. The molecule has 3 aromatic rings. The largest absolute Gasteiger partial charge is 0.383 e. The lowest BCUT2D eigenvalue weighted by atomic mass is 10.1. The van der Waals surface area contributed by atoms with Crippen molar-refractivity contribution in [2.75, 3.05) is 5.73 Å². The van der Waals surface area contributed by atoms with Gasteiger partial charge in [-0.1, -0.05) is 23.7 Å². The summed E-state index contributed by atoms with van der Waals surface area (Å²) in [6.07, 6.45) is 3.57. The molecule has 0 aliphatic heterocycles. The summed E-state index contributed by atoms with van der Waals surface area (Å²) in [5, 5.41) is 1.56. The summed E-state index contributed by atoms with van der Waals surface area (Å²) in [5.74, 6) is 0.484. The van der Waals surface area contributed by atoms with Crippen molar-refractivity contribution in [3.05, 3.63) is 41.8 Å². The molecule has 21 heavy (non-hydrogen) atoms. The maximum absolute atomic E-state index is 6.11. The fourth-order valence-corrected chi connectivity index (χ4v) is 2.66. The van der Waals surface area contributed by atoms with Gasteiger partial charge >= 0.3 is 0 Å². The molecule has 0 unspecified atom stereocenters. The Bertz CT molecular complexity index is 815. The number of hydrogen-bond donors (Lipinski definition) is 1. The predicted molar refractivity (Wildman–Crippen MR) is 87.4 cm³/mol. The summed E-state index contributed by atoms with van der Waals surface area (Å²) in [6, 6.07) is 7.72. The molecule has 0 aliphatic rings. The average Bonchev–Trinajstić information content (AvgIpc) is 2.79. The molecule has 0 saturated heterocycles. The molecule has 0 amide bonds. The molecule has 0 radical (unpaired) electrons. The van der Waals surface area contributed by atoms with Crippen LogP contribution in [0.5, 0.6) is 0 Å². The van der Waals surface area contributed by atoms with E-state index in [4.69, 9.17) is 17.3 Å². The minimum atomic E-state index is -0.101. The molecule has 2 aromatic heterocycles. The molecule has 1 aromatic carbocycles. The Morgan fingerprint density at radius 2 is 1.95 bits per heavy atom. The first-order chi connectivity index (χ1) is 9.88. The van der Waals surface area contributed by atoms with Crippen molar-refractivity contribution in [1.29, 1.82) is 0 Å². The first kappa shape index (κ1) is 13.9. The van der Waals surface area contributed by atoms with Gasteiger partial charge in [0.2, 0.25) is 0 Å². The summed E-state index contributed by atoms with van der Waals surface area (Å²) in [5.41, 5.74) is 8.84. The van der Waals surface area contributed by atoms with Crippen molar-refractivity contribution in [2.45, 2.75) is 26.3 Å². The van der Waals surface area contributed by atoms with Gasteiger partial charge in [0.25, 0.3) is 0 Å². The second kappa shape index (κ2) is 4.74. The molecule has 0 bridgehead atoms. The zero-order chi connectivity index (χ0) is 15.2. The minimum absolute atomic E-state index is 0.101. The van der Waals surface area contributed by atoms with Gasteiger partial charge in [-0.15, -0.1) is 0 Å². The van der Waals surface area contributed by atoms with E-state index in [0.29, 0.717) is 10.8 Å². The highest BCUT2D eigenvalue weighted by atomic mass is 35.5. The van der Waals surface area contributed by atoms with Crippen LogP contribution >= 0.6 is 11.6 Å². The van der Waals surface area contributed by atoms with Crippen LogP contribution in [0.3, 0.4) is 0 Å². The van der Waals surface area contributed by atoms with E-state index in [0.717, 1.165) is 22.2 Å². The number of aromatic nitrogens is 3. The van der Waals surface area contributed by atoms with Crippen LogP contribution in [0.25, 0.3) is 22.2 Å². The number of fused-ring (bicyclic) bond motifs is 1. The Morgan fingerprint density at radius 1 is 1.19 bits per heavy atom. The Labute approximate surface area is 128 Å². The van der Waals surface area contributed by atoms with E-state index in [2.05, 4.69) is 41.5 Å². The van der Waals surface area contributed by atoms with Gasteiger partial charge in [-0.2, -0.15) is 0 Å². The first-order valence-electron chi connectivity index (χ1n) is 6.76. The molecule has 0 atom stereocenters. The standard InChI is InChI=1S/C16H17ClN4/c1-16(2,3)21-8-12(10-5-4-6-11(17)7-10)13-14(18)19-9-20-15(13)21/h4-9H,1-3H3,(H2,18,19,20). The van der Waals surface area contributed by atoms with Gasteiger partial charge in [0, 0.05) is 22.3 Å². The molecule has 2 N–H and O–H groups in total. The number of benzene rings is 1. The zero-order valence-electron chi connectivity index (χ0n) is 12.3. The fraction of sp³-hybridized carbons (Fsp3) is 0.250. The van der Waals surface area contributed by atoms with Gasteiger partial charge in [0.1, 0.15) is 17.8 Å². The number of hydrogen-bond acceptors (Lipinski definition) is 3. The van der Waals surface area contributed by atoms with Crippen molar-refractivity contribution < 1.29 is 0 Å². The summed E-state index contributed by atoms with van der Waals surface area (Å²) in [4.78, 5) is 8.55. The van der Waals surface area contributed by atoms with Crippen LogP contribution in [0.1, 0.15) is 20.8 Å². The molecule has 0 aliphatic carbocycles. The van der Waals surface area contributed by atoms with E-state index >= 15 is 0 Å². The van der Waals surface area contributed by atoms with Gasteiger partial charge in [-0.3, -0.25) is 0 Å². The smallest absolute Gasteiger partial charge is 0.146 e. The second-order valence-electron chi connectivity index (χ2n) is 6.05. The molecule has 4 nitrogen and oxygen atoms in total. The van der Waals surface area contributed by atoms with Crippen LogP contribution in [0.15, 0.2) is 36.8 Å². The zero-order valence-corrected chi connectivity index (χ0v) is 13.0. The SMILES string of the molecule is CC(C)(C)n1cc(-c2cccc(Cl)c2)c2c(N)ncnc21. The van der Waals surface area contributed by atoms with Crippen LogP contribution in [0.2, 0.25) is 5.02 Å². The first-order valence-corrected chi connectivity index (χ1v) is 7.13. The van der Waals surface area contributed by atoms with Crippen molar-refractivity contribution in [2.24, 2.45) is 0 Å². The molecule has 3 rings (SSSR count). The molecule has 0 spiro atoms. The van der Waals surface area contributed by atoms with Crippen LogP contribution in [0, 0.1) is 0 Å². The van der Waals surface area contributed by atoms with Crippen molar-refractivity contribution in [1.82, 2.24) is 14.5 Å². The van der Waals surface area contributed by atoms with Crippen LogP contribution in [-0.4, -0.2) is 14.5 Å². The number of nitrogens with zero attached hydrogens (tertiary/aromatic N) is 3. The summed E-state index contributed by atoms with van der Waals surface area (Å²) in [7, 11) is 0.